The second-order valence-corrected chi connectivity index (χ2v) is 4.45. The molecule has 3 fully saturated rings. The Morgan fingerprint density at radius 1 is 1.25 bits per heavy atom. The van der Waals surface area contributed by atoms with E-state index in [1.807, 2.05) is 0 Å². The van der Waals surface area contributed by atoms with Crippen LogP contribution in [0, 0.1) is 11.8 Å². The van der Waals surface area contributed by atoms with Gasteiger partial charge in [0, 0.05) is 19.1 Å². The number of hydrogen-bond acceptors (Lipinski definition) is 4. The van der Waals surface area contributed by atoms with Gasteiger partial charge in [0.15, 0.2) is 6.10 Å². The van der Waals surface area contributed by atoms with Crippen molar-refractivity contribution in [2.45, 2.75) is 12.1 Å². The van der Waals surface area contributed by atoms with E-state index < -0.39 is 6.10 Å². The predicted octanol–water partition coefficient (Wildman–Crippen LogP) is -0.842. The second kappa shape index (κ2) is 4.87. The van der Waals surface area contributed by atoms with Crippen molar-refractivity contribution >= 4 is 18.3 Å². The van der Waals surface area contributed by atoms with Crippen LogP contribution in [0.1, 0.15) is 0 Å². The number of ether oxygens (including phenoxy) is 2. The van der Waals surface area contributed by atoms with Gasteiger partial charge in [-0.25, -0.2) is 0 Å². The molecule has 0 aromatic heterocycles. The van der Waals surface area contributed by atoms with Crippen LogP contribution < -0.4 is 10.6 Å². The predicted molar refractivity (Wildman–Crippen MR) is 59.6 cm³/mol. The number of rotatable bonds is 2. The molecular weight excluding hydrogens is 232 g/mol. The Balaban J connectivity index is 0.000000963. The second-order valence-electron chi connectivity index (χ2n) is 4.45. The van der Waals surface area contributed by atoms with Crippen molar-refractivity contribution in [2.75, 3.05) is 32.9 Å². The standard InChI is InChI=1S/C10H16N2O3.ClH/c13-10(8-5-14-1-2-15-8)12-9-6-3-11-4-7(6)9;/h6-9,11H,1-5H2,(H,12,13);1H. The smallest absolute Gasteiger partial charge is 0.251 e. The fourth-order valence-corrected chi connectivity index (χ4v) is 2.53. The molecule has 5 nitrogen and oxygen atoms in total. The van der Waals surface area contributed by atoms with E-state index in [1.165, 1.54) is 0 Å². The molecule has 1 aliphatic carbocycles. The topological polar surface area (TPSA) is 59.6 Å². The Morgan fingerprint density at radius 2 is 2.00 bits per heavy atom. The molecule has 1 amide bonds. The zero-order chi connectivity index (χ0) is 10.3. The molecule has 2 N–H and O–H groups in total. The Hall–Kier alpha value is -0.360. The monoisotopic (exact) mass is 248 g/mol. The maximum absolute atomic E-state index is 11.7. The van der Waals surface area contributed by atoms with Crippen LogP contribution in [0.3, 0.4) is 0 Å². The highest BCUT2D eigenvalue weighted by Gasteiger charge is 2.54. The molecule has 3 rings (SSSR count). The maximum Gasteiger partial charge on any atom is 0.251 e. The van der Waals surface area contributed by atoms with E-state index in [4.69, 9.17) is 9.47 Å². The molecule has 92 valence electrons. The van der Waals surface area contributed by atoms with Crippen LogP contribution in [0.2, 0.25) is 0 Å². The summed E-state index contributed by atoms with van der Waals surface area (Å²) in [6.45, 7) is 3.60. The summed E-state index contributed by atoms with van der Waals surface area (Å²) in [7, 11) is 0. The highest BCUT2D eigenvalue weighted by atomic mass is 35.5. The van der Waals surface area contributed by atoms with E-state index in [2.05, 4.69) is 10.6 Å². The number of hydrogen-bond donors (Lipinski definition) is 2. The summed E-state index contributed by atoms with van der Waals surface area (Å²) < 4.78 is 10.5. The van der Waals surface area contributed by atoms with Gasteiger partial charge in [-0.3, -0.25) is 4.79 Å². The van der Waals surface area contributed by atoms with Crippen molar-refractivity contribution in [1.82, 2.24) is 10.6 Å². The lowest BCUT2D eigenvalue weighted by Gasteiger charge is -2.22. The molecule has 1 saturated carbocycles. The van der Waals surface area contributed by atoms with Gasteiger partial charge in [0.1, 0.15) is 0 Å². The zero-order valence-corrected chi connectivity index (χ0v) is 9.79. The van der Waals surface area contributed by atoms with E-state index in [0.717, 1.165) is 13.1 Å². The molecule has 16 heavy (non-hydrogen) atoms. The van der Waals surface area contributed by atoms with Crippen LogP contribution in [0.15, 0.2) is 0 Å². The van der Waals surface area contributed by atoms with Crippen LogP contribution in [-0.2, 0) is 14.3 Å². The number of carbonyl (C=O) groups excluding carboxylic acids is 1. The Morgan fingerprint density at radius 3 is 2.62 bits per heavy atom. The molecule has 0 radical (unpaired) electrons. The number of carbonyl (C=O) groups is 1. The summed E-state index contributed by atoms with van der Waals surface area (Å²) in [6, 6.07) is 0.379. The molecular formula is C10H17ClN2O3. The largest absolute Gasteiger partial charge is 0.376 e. The van der Waals surface area contributed by atoms with Crippen molar-refractivity contribution < 1.29 is 14.3 Å². The lowest BCUT2D eigenvalue weighted by atomic mass is 10.3. The summed E-state index contributed by atoms with van der Waals surface area (Å²) in [6.07, 6.45) is -0.395. The van der Waals surface area contributed by atoms with Gasteiger partial charge in [0.05, 0.1) is 19.8 Å². The maximum atomic E-state index is 11.7. The first-order chi connectivity index (χ1) is 7.36. The van der Waals surface area contributed by atoms with Crippen molar-refractivity contribution in [3.8, 4) is 0 Å². The van der Waals surface area contributed by atoms with E-state index >= 15 is 0 Å². The Bertz CT molecular complexity index is 261. The van der Waals surface area contributed by atoms with Gasteiger partial charge in [0.25, 0.3) is 5.91 Å². The van der Waals surface area contributed by atoms with Crippen LogP contribution in [0.5, 0.6) is 0 Å². The highest BCUT2D eigenvalue weighted by molar-refractivity contribution is 5.85. The average molecular weight is 249 g/mol. The summed E-state index contributed by atoms with van der Waals surface area (Å²) in [5.41, 5.74) is 0. The molecule has 0 spiro atoms. The first-order valence-electron chi connectivity index (χ1n) is 5.57. The normalized spacial score (nSPS) is 40.8. The third kappa shape index (κ3) is 2.18. The molecule has 6 heteroatoms. The summed E-state index contributed by atoms with van der Waals surface area (Å²) in [5, 5.41) is 6.34. The fraction of sp³-hybridized carbons (Fsp3) is 0.900. The zero-order valence-electron chi connectivity index (χ0n) is 8.98. The SMILES string of the molecule is Cl.O=C(NC1C2CNCC21)C1COCCO1. The summed E-state index contributed by atoms with van der Waals surface area (Å²) >= 11 is 0. The Kier molecular flexibility index (Phi) is 3.69. The summed E-state index contributed by atoms with van der Waals surface area (Å²) in [4.78, 5) is 11.7. The van der Waals surface area contributed by atoms with Gasteiger partial charge in [0.2, 0.25) is 0 Å². The van der Waals surface area contributed by atoms with Gasteiger partial charge >= 0.3 is 0 Å². The molecule has 2 heterocycles. The van der Waals surface area contributed by atoms with Crippen LogP contribution in [-0.4, -0.2) is 51.0 Å². The van der Waals surface area contributed by atoms with E-state index in [-0.39, 0.29) is 18.3 Å². The minimum Gasteiger partial charge on any atom is -0.376 e. The number of fused-ring (bicyclic) bond motifs is 1. The van der Waals surface area contributed by atoms with E-state index in [1.54, 1.807) is 0 Å². The van der Waals surface area contributed by atoms with Gasteiger partial charge in [-0.2, -0.15) is 0 Å². The van der Waals surface area contributed by atoms with Crippen molar-refractivity contribution in [3.05, 3.63) is 0 Å². The van der Waals surface area contributed by atoms with Gasteiger partial charge in [-0.15, -0.1) is 12.4 Å². The van der Waals surface area contributed by atoms with Crippen LogP contribution in [0.4, 0.5) is 0 Å². The molecule has 3 atom stereocenters. The quantitative estimate of drug-likeness (QED) is 0.669. The lowest BCUT2D eigenvalue weighted by molar-refractivity contribution is -0.147. The third-order valence-electron chi connectivity index (χ3n) is 3.51. The summed E-state index contributed by atoms with van der Waals surface area (Å²) in [5.74, 6) is 1.30. The van der Waals surface area contributed by atoms with Crippen LogP contribution >= 0.6 is 12.4 Å². The fourth-order valence-electron chi connectivity index (χ4n) is 2.53. The molecule has 0 aromatic carbocycles. The highest BCUT2D eigenvalue weighted by Crippen LogP contribution is 2.41. The van der Waals surface area contributed by atoms with Crippen molar-refractivity contribution in [2.24, 2.45) is 11.8 Å². The molecule has 0 bridgehead atoms. The first-order valence-corrected chi connectivity index (χ1v) is 5.57. The minimum atomic E-state index is -0.395. The lowest BCUT2D eigenvalue weighted by Crippen LogP contribution is -2.45. The van der Waals surface area contributed by atoms with Gasteiger partial charge in [-0.05, 0) is 11.8 Å². The number of nitrogens with one attached hydrogen (secondary N) is 2. The van der Waals surface area contributed by atoms with Crippen molar-refractivity contribution in [1.29, 1.82) is 0 Å². The number of amides is 1. The molecule has 2 aliphatic heterocycles. The third-order valence-corrected chi connectivity index (χ3v) is 3.51. The molecule has 3 unspecified atom stereocenters. The number of piperidine rings is 1. The average Bonchev–Trinajstić information content (AvgIpc) is 2.75. The molecule has 3 aliphatic rings. The molecule has 2 saturated heterocycles. The van der Waals surface area contributed by atoms with E-state index in [9.17, 15) is 4.79 Å². The van der Waals surface area contributed by atoms with Gasteiger partial charge in [-0.1, -0.05) is 0 Å². The molecule has 0 aromatic rings. The first kappa shape index (κ1) is 12.1. The van der Waals surface area contributed by atoms with E-state index in [0.29, 0.717) is 37.7 Å². The number of halogens is 1. The Labute approximate surface area is 101 Å². The minimum absolute atomic E-state index is 0. The van der Waals surface area contributed by atoms with Gasteiger partial charge < -0.3 is 20.1 Å². The van der Waals surface area contributed by atoms with Crippen molar-refractivity contribution in [3.63, 3.8) is 0 Å². The van der Waals surface area contributed by atoms with Crippen LogP contribution in [0.25, 0.3) is 0 Å².